The van der Waals surface area contributed by atoms with Gasteiger partial charge >= 0.3 is 5.37 Å². The molecule has 9 heteroatoms. The fourth-order valence-corrected chi connectivity index (χ4v) is 2.53. The predicted molar refractivity (Wildman–Crippen MR) is 90.8 cm³/mol. The molecule has 3 rings (SSSR count). The van der Waals surface area contributed by atoms with E-state index in [1.54, 1.807) is 30.3 Å². The van der Waals surface area contributed by atoms with E-state index in [1.165, 1.54) is 17.0 Å². The summed E-state index contributed by atoms with van der Waals surface area (Å²) < 4.78 is 44.5. The number of hydrogen-bond donors (Lipinski definition) is 1. The molecule has 5 nitrogen and oxygen atoms in total. The molecule has 0 radical (unpaired) electrons. The Hall–Kier alpha value is -2.74. The van der Waals surface area contributed by atoms with Crippen LogP contribution in [-0.4, -0.2) is 23.9 Å². The van der Waals surface area contributed by atoms with Gasteiger partial charge in [0.2, 0.25) is 12.1 Å². The zero-order chi connectivity index (χ0) is 18.7. The molecule has 1 amide bonds. The third-order valence-corrected chi connectivity index (χ3v) is 3.87. The Morgan fingerprint density at radius 1 is 1.27 bits per heavy atom. The number of hydrazone groups is 1. The summed E-state index contributed by atoms with van der Waals surface area (Å²) in [7, 11) is 0. The largest absolute Gasteiger partial charge is 0.445 e. The standard InChI is InChI=1S/C17H13ClF3N3O2/c18-17(25)24(12-4-2-1-3-5-12)9-11-7-6-10(8-13(11)19)15-22-23-16(26-15)14(20)21/h1-8,14,16,23H,9H2. The van der Waals surface area contributed by atoms with E-state index >= 15 is 0 Å². The van der Waals surface area contributed by atoms with Crippen LogP contribution in [0.2, 0.25) is 0 Å². The zero-order valence-corrected chi connectivity index (χ0v) is 14.0. The molecule has 0 aliphatic carbocycles. The van der Waals surface area contributed by atoms with E-state index in [1.807, 2.05) is 0 Å². The van der Waals surface area contributed by atoms with E-state index in [2.05, 4.69) is 10.5 Å². The highest BCUT2D eigenvalue weighted by Crippen LogP contribution is 2.22. The Kier molecular flexibility index (Phi) is 5.32. The molecule has 1 heterocycles. The van der Waals surface area contributed by atoms with Crippen molar-refractivity contribution in [1.82, 2.24) is 5.43 Å². The number of carbonyl (C=O) groups excluding carboxylic acids is 1. The second kappa shape index (κ2) is 7.65. The smallest absolute Gasteiger partial charge is 0.321 e. The summed E-state index contributed by atoms with van der Waals surface area (Å²) in [5.74, 6) is -0.776. The highest BCUT2D eigenvalue weighted by molar-refractivity contribution is 6.66. The van der Waals surface area contributed by atoms with Gasteiger partial charge in [0.1, 0.15) is 5.82 Å². The molecular weight excluding hydrogens is 371 g/mol. The van der Waals surface area contributed by atoms with Crippen LogP contribution in [0.4, 0.5) is 23.7 Å². The summed E-state index contributed by atoms with van der Waals surface area (Å²) in [6.07, 6.45) is -4.33. The molecule has 1 aliphatic rings. The van der Waals surface area contributed by atoms with Crippen molar-refractivity contribution in [2.24, 2.45) is 5.10 Å². The third-order valence-electron chi connectivity index (χ3n) is 3.67. The van der Waals surface area contributed by atoms with Gasteiger partial charge in [-0.3, -0.25) is 15.1 Å². The molecular formula is C17H13ClF3N3O2. The molecule has 26 heavy (non-hydrogen) atoms. The van der Waals surface area contributed by atoms with E-state index in [-0.39, 0.29) is 23.6 Å². The Morgan fingerprint density at radius 3 is 2.58 bits per heavy atom. The molecule has 1 N–H and O–H groups in total. The molecule has 1 aliphatic heterocycles. The molecule has 1 atom stereocenters. The van der Waals surface area contributed by atoms with Gasteiger partial charge in [0.15, 0.2) is 0 Å². The van der Waals surface area contributed by atoms with Crippen LogP contribution in [0.25, 0.3) is 0 Å². The first-order valence-electron chi connectivity index (χ1n) is 7.54. The van der Waals surface area contributed by atoms with Gasteiger partial charge in [-0.1, -0.05) is 24.3 Å². The monoisotopic (exact) mass is 383 g/mol. The fourth-order valence-electron chi connectivity index (χ4n) is 2.38. The quantitative estimate of drug-likeness (QED) is 0.625. The second-order valence-electron chi connectivity index (χ2n) is 5.40. The first-order chi connectivity index (χ1) is 12.5. The van der Waals surface area contributed by atoms with Crippen LogP contribution in [0, 0.1) is 5.82 Å². The highest BCUT2D eigenvalue weighted by Gasteiger charge is 2.29. The van der Waals surface area contributed by atoms with Gasteiger partial charge < -0.3 is 4.74 Å². The number of hydrogen-bond acceptors (Lipinski definition) is 4. The summed E-state index contributed by atoms with van der Waals surface area (Å²) in [4.78, 5) is 12.9. The number of rotatable bonds is 5. The number of halogens is 4. The molecule has 0 spiro atoms. The van der Waals surface area contributed by atoms with Gasteiger partial charge in [-0.05, 0) is 35.9 Å². The zero-order valence-electron chi connectivity index (χ0n) is 13.2. The van der Waals surface area contributed by atoms with Crippen molar-refractivity contribution in [3.8, 4) is 0 Å². The van der Waals surface area contributed by atoms with Crippen LogP contribution in [0.1, 0.15) is 11.1 Å². The van der Waals surface area contributed by atoms with Crippen LogP contribution in [0.5, 0.6) is 0 Å². The van der Waals surface area contributed by atoms with Crippen LogP contribution < -0.4 is 10.3 Å². The molecule has 0 bridgehead atoms. The molecule has 1 unspecified atom stereocenters. The molecule has 136 valence electrons. The normalized spacial score (nSPS) is 16.0. The maximum atomic E-state index is 14.4. The Morgan fingerprint density at radius 2 is 2.00 bits per heavy atom. The van der Waals surface area contributed by atoms with Crippen LogP contribution in [-0.2, 0) is 11.3 Å². The number of alkyl halides is 2. The van der Waals surface area contributed by atoms with Gasteiger partial charge in [0.05, 0.1) is 6.54 Å². The number of carbonyl (C=O) groups is 1. The second-order valence-corrected chi connectivity index (χ2v) is 5.72. The van der Waals surface area contributed by atoms with Crippen LogP contribution in [0.3, 0.4) is 0 Å². The number of anilines is 1. The van der Waals surface area contributed by atoms with Crippen LogP contribution >= 0.6 is 11.6 Å². The molecule has 0 saturated carbocycles. The SMILES string of the molecule is O=C(Cl)N(Cc1ccc(C2=NNC(C(F)F)O2)cc1F)c1ccccc1. The topological polar surface area (TPSA) is 53.9 Å². The Labute approximate surface area is 152 Å². The first-order valence-corrected chi connectivity index (χ1v) is 7.92. The number of benzene rings is 2. The molecule has 0 aromatic heterocycles. The minimum absolute atomic E-state index is 0.0935. The summed E-state index contributed by atoms with van der Waals surface area (Å²) >= 11 is 5.61. The maximum absolute atomic E-state index is 14.4. The fraction of sp³-hybridized carbons (Fsp3) is 0.176. The van der Waals surface area contributed by atoms with E-state index in [9.17, 15) is 18.0 Å². The minimum atomic E-state index is -2.77. The molecule has 0 saturated heterocycles. The number of amides is 1. The average molecular weight is 384 g/mol. The van der Waals surface area contributed by atoms with Gasteiger partial charge in [0, 0.05) is 16.8 Å². The van der Waals surface area contributed by atoms with Gasteiger partial charge in [0.25, 0.3) is 6.43 Å². The third kappa shape index (κ3) is 3.91. The van der Waals surface area contributed by atoms with Crippen molar-refractivity contribution in [2.75, 3.05) is 4.90 Å². The van der Waals surface area contributed by atoms with Crippen LogP contribution in [0.15, 0.2) is 53.6 Å². The van der Waals surface area contributed by atoms with Crippen molar-refractivity contribution in [1.29, 1.82) is 0 Å². The van der Waals surface area contributed by atoms with Gasteiger partial charge in [-0.2, -0.15) is 0 Å². The summed E-state index contributed by atoms with van der Waals surface area (Å²) in [5.41, 5.74) is 3.04. The first kappa shape index (κ1) is 18.1. The lowest BCUT2D eigenvalue weighted by molar-refractivity contribution is 0.000584. The summed E-state index contributed by atoms with van der Waals surface area (Å²) in [6.45, 7) is -0.0935. The summed E-state index contributed by atoms with van der Waals surface area (Å²) in [6, 6.07) is 12.6. The molecule has 2 aromatic carbocycles. The Bertz CT molecular complexity index is 833. The van der Waals surface area contributed by atoms with Crippen molar-refractivity contribution in [2.45, 2.75) is 19.2 Å². The van der Waals surface area contributed by atoms with E-state index in [4.69, 9.17) is 16.3 Å². The lowest BCUT2D eigenvalue weighted by Gasteiger charge is -2.20. The predicted octanol–water partition coefficient (Wildman–Crippen LogP) is 4.06. The van der Waals surface area contributed by atoms with E-state index in [0.29, 0.717) is 5.69 Å². The lowest BCUT2D eigenvalue weighted by atomic mass is 10.1. The van der Waals surface area contributed by atoms with E-state index in [0.717, 1.165) is 6.07 Å². The van der Waals surface area contributed by atoms with Crippen molar-refractivity contribution in [3.05, 3.63) is 65.5 Å². The number of nitrogens with zero attached hydrogens (tertiary/aromatic N) is 2. The summed E-state index contributed by atoms with van der Waals surface area (Å²) in [5, 5.41) is 2.87. The van der Waals surface area contributed by atoms with Gasteiger partial charge in [-0.25, -0.2) is 13.2 Å². The minimum Gasteiger partial charge on any atom is -0.445 e. The number of nitrogens with one attached hydrogen (secondary N) is 1. The van der Waals surface area contributed by atoms with Crippen molar-refractivity contribution >= 4 is 28.6 Å². The molecule has 2 aromatic rings. The number of ether oxygens (including phenoxy) is 1. The van der Waals surface area contributed by atoms with E-state index < -0.39 is 23.8 Å². The van der Waals surface area contributed by atoms with Crippen molar-refractivity contribution in [3.63, 3.8) is 0 Å². The lowest BCUT2D eigenvalue weighted by Crippen LogP contribution is -2.30. The highest BCUT2D eigenvalue weighted by atomic mass is 35.5. The van der Waals surface area contributed by atoms with Crippen molar-refractivity contribution < 1.29 is 22.7 Å². The Balaban J connectivity index is 1.79. The number of para-hydroxylation sites is 1. The maximum Gasteiger partial charge on any atom is 0.321 e. The molecule has 0 fully saturated rings. The average Bonchev–Trinajstić information content (AvgIpc) is 3.11. The van der Waals surface area contributed by atoms with Gasteiger partial charge in [-0.15, -0.1) is 5.10 Å².